The molecule has 1 aromatic rings. The fraction of sp³-hybridized carbons (Fsp3) is 0.714. The van der Waals surface area contributed by atoms with Crippen LogP contribution in [-0.2, 0) is 16.1 Å². The third-order valence-corrected chi connectivity index (χ3v) is 4.70. The lowest BCUT2D eigenvalue weighted by atomic mass is 9.85. The van der Waals surface area contributed by atoms with E-state index in [2.05, 4.69) is 10.3 Å². The molecular formula is C14H23N3O2S. The lowest BCUT2D eigenvalue weighted by Gasteiger charge is -2.25. The molecule has 0 aliphatic heterocycles. The van der Waals surface area contributed by atoms with Crippen molar-refractivity contribution in [1.82, 2.24) is 10.3 Å². The number of aromatic nitrogens is 1. The molecule has 1 aliphatic carbocycles. The molecule has 1 atom stereocenters. The van der Waals surface area contributed by atoms with E-state index in [4.69, 9.17) is 10.5 Å². The number of anilines is 1. The Morgan fingerprint density at radius 1 is 1.55 bits per heavy atom. The van der Waals surface area contributed by atoms with Gasteiger partial charge in [-0.1, -0.05) is 32.1 Å². The Bertz CT molecular complexity index is 430. The molecular weight excluding hydrogens is 274 g/mol. The maximum Gasteiger partial charge on any atom is 0.322 e. The van der Waals surface area contributed by atoms with Crippen molar-refractivity contribution in [2.24, 2.45) is 5.92 Å². The van der Waals surface area contributed by atoms with Crippen molar-refractivity contribution in [3.63, 3.8) is 0 Å². The van der Waals surface area contributed by atoms with Gasteiger partial charge in [-0.25, -0.2) is 4.98 Å². The average Bonchev–Trinajstić information content (AvgIpc) is 2.89. The van der Waals surface area contributed by atoms with E-state index in [1.54, 1.807) is 6.20 Å². The lowest BCUT2D eigenvalue weighted by molar-refractivity contribution is -0.143. The Kier molecular flexibility index (Phi) is 5.79. The topological polar surface area (TPSA) is 77.2 Å². The lowest BCUT2D eigenvalue weighted by Crippen LogP contribution is -2.39. The number of methoxy groups -OCH3 is 1. The van der Waals surface area contributed by atoms with Crippen LogP contribution in [0, 0.1) is 5.92 Å². The summed E-state index contributed by atoms with van der Waals surface area (Å²) >= 11 is 1.45. The summed E-state index contributed by atoms with van der Waals surface area (Å²) < 4.78 is 4.91. The van der Waals surface area contributed by atoms with E-state index in [0.29, 0.717) is 17.6 Å². The highest BCUT2D eigenvalue weighted by Crippen LogP contribution is 2.27. The second-order valence-corrected chi connectivity index (χ2v) is 6.51. The summed E-state index contributed by atoms with van der Waals surface area (Å²) in [6.07, 6.45) is 8.95. The minimum absolute atomic E-state index is 0.173. The van der Waals surface area contributed by atoms with Gasteiger partial charge in [-0.3, -0.25) is 10.1 Å². The van der Waals surface area contributed by atoms with Crippen LogP contribution in [-0.4, -0.2) is 24.1 Å². The van der Waals surface area contributed by atoms with Crippen molar-refractivity contribution >= 4 is 22.4 Å². The Balaban J connectivity index is 1.87. The zero-order chi connectivity index (χ0) is 14.4. The molecule has 1 aliphatic rings. The molecule has 20 heavy (non-hydrogen) atoms. The number of carbonyl (C=O) groups is 1. The molecule has 0 spiro atoms. The molecule has 0 amide bonds. The van der Waals surface area contributed by atoms with Crippen LogP contribution in [0.5, 0.6) is 0 Å². The molecule has 2 rings (SSSR count). The van der Waals surface area contributed by atoms with Crippen LogP contribution in [0.2, 0.25) is 0 Å². The van der Waals surface area contributed by atoms with Gasteiger partial charge in [0.15, 0.2) is 5.13 Å². The molecule has 0 bridgehead atoms. The number of nitrogen functional groups attached to an aromatic ring is 1. The van der Waals surface area contributed by atoms with E-state index < -0.39 is 0 Å². The third-order valence-electron chi connectivity index (χ3n) is 3.87. The van der Waals surface area contributed by atoms with Crippen molar-refractivity contribution in [1.29, 1.82) is 0 Å². The quantitative estimate of drug-likeness (QED) is 0.788. The van der Waals surface area contributed by atoms with Crippen LogP contribution in [0.3, 0.4) is 0 Å². The van der Waals surface area contributed by atoms with E-state index in [-0.39, 0.29) is 12.0 Å². The van der Waals surface area contributed by atoms with Crippen LogP contribution in [0.15, 0.2) is 6.20 Å². The van der Waals surface area contributed by atoms with Crippen molar-refractivity contribution < 1.29 is 9.53 Å². The molecule has 0 radical (unpaired) electrons. The number of hydrogen-bond acceptors (Lipinski definition) is 6. The first-order valence-electron chi connectivity index (χ1n) is 7.20. The molecule has 1 saturated carbocycles. The van der Waals surface area contributed by atoms with Gasteiger partial charge in [0, 0.05) is 17.6 Å². The number of carbonyl (C=O) groups excluding carboxylic acids is 1. The van der Waals surface area contributed by atoms with Gasteiger partial charge >= 0.3 is 5.97 Å². The fourth-order valence-corrected chi connectivity index (χ4v) is 3.42. The predicted octanol–water partition coefficient (Wildman–Crippen LogP) is 2.33. The molecule has 3 N–H and O–H groups in total. The molecule has 112 valence electrons. The van der Waals surface area contributed by atoms with Gasteiger partial charge in [0.25, 0.3) is 0 Å². The van der Waals surface area contributed by atoms with E-state index in [0.717, 1.165) is 11.3 Å². The largest absolute Gasteiger partial charge is 0.468 e. The van der Waals surface area contributed by atoms with Gasteiger partial charge in [-0.2, -0.15) is 0 Å². The number of nitrogens with zero attached hydrogens (tertiary/aromatic N) is 1. The van der Waals surface area contributed by atoms with Crippen molar-refractivity contribution in [2.75, 3.05) is 12.8 Å². The van der Waals surface area contributed by atoms with Crippen LogP contribution in [0.4, 0.5) is 5.13 Å². The molecule has 5 nitrogen and oxygen atoms in total. The van der Waals surface area contributed by atoms with Crippen LogP contribution in [0.25, 0.3) is 0 Å². The maximum atomic E-state index is 11.9. The summed E-state index contributed by atoms with van der Waals surface area (Å²) in [5, 5.41) is 3.85. The smallest absolute Gasteiger partial charge is 0.322 e. The molecule has 1 aromatic heterocycles. The summed E-state index contributed by atoms with van der Waals surface area (Å²) in [5.74, 6) is 0.458. The minimum atomic E-state index is -0.230. The number of nitrogens with one attached hydrogen (secondary N) is 1. The van der Waals surface area contributed by atoms with Gasteiger partial charge in [-0.15, -0.1) is 11.3 Å². The third kappa shape index (κ3) is 4.45. The molecule has 1 heterocycles. The van der Waals surface area contributed by atoms with Gasteiger partial charge < -0.3 is 10.5 Å². The standard InChI is InChI=1S/C14H23N3O2S/c1-19-13(18)12(7-10-5-3-2-4-6-10)16-8-11-9-17-14(15)20-11/h9-10,12,16H,2-8H2,1H3,(H2,15,17). The summed E-state index contributed by atoms with van der Waals surface area (Å²) in [4.78, 5) is 16.9. The zero-order valence-corrected chi connectivity index (χ0v) is 12.7. The number of esters is 1. The second-order valence-electron chi connectivity index (χ2n) is 5.36. The number of thiazole rings is 1. The zero-order valence-electron chi connectivity index (χ0n) is 11.9. The summed E-state index contributed by atoms with van der Waals surface area (Å²) in [6.45, 7) is 0.612. The number of ether oxygens (including phenoxy) is 1. The van der Waals surface area contributed by atoms with Gasteiger partial charge in [0.05, 0.1) is 7.11 Å². The number of hydrogen-bond donors (Lipinski definition) is 2. The predicted molar refractivity (Wildman–Crippen MR) is 80.4 cm³/mol. The highest BCUT2D eigenvalue weighted by atomic mass is 32.1. The first-order chi connectivity index (χ1) is 9.69. The Hall–Kier alpha value is -1.14. The van der Waals surface area contributed by atoms with E-state index in [1.165, 1.54) is 50.6 Å². The van der Waals surface area contributed by atoms with Crippen molar-refractivity contribution in [3.05, 3.63) is 11.1 Å². The average molecular weight is 297 g/mol. The maximum absolute atomic E-state index is 11.9. The van der Waals surface area contributed by atoms with E-state index in [1.807, 2.05) is 0 Å². The summed E-state index contributed by atoms with van der Waals surface area (Å²) in [7, 11) is 1.45. The molecule has 0 saturated heterocycles. The van der Waals surface area contributed by atoms with Gasteiger partial charge in [-0.05, 0) is 12.3 Å². The monoisotopic (exact) mass is 297 g/mol. The Morgan fingerprint density at radius 3 is 2.90 bits per heavy atom. The van der Waals surface area contributed by atoms with Gasteiger partial charge in [0.2, 0.25) is 0 Å². The first-order valence-corrected chi connectivity index (χ1v) is 8.02. The van der Waals surface area contributed by atoms with Crippen LogP contribution >= 0.6 is 11.3 Å². The van der Waals surface area contributed by atoms with E-state index >= 15 is 0 Å². The second kappa shape index (κ2) is 7.59. The van der Waals surface area contributed by atoms with Crippen LogP contribution < -0.4 is 11.1 Å². The fourth-order valence-electron chi connectivity index (χ4n) is 2.79. The Morgan fingerprint density at radius 2 is 2.30 bits per heavy atom. The molecule has 6 heteroatoms. The molecule has 1 fully saturated rings. The molecule has 0 aromatic carbocycles. The van der Waals surface area contributed by atoms with Crippen LogP contribution in [0.1, 0.15) is 43.4 Å². The highest BCUT2D eigenvalue weighted by Gasteiger charge is 2.24. The normalized spacial score (nSPS) is 17.9. The summed E-state index contributed by atoms with van der Waals surface area (Å²) in [5.41, 5.74) is 5.61. The first kappa shape index (κ1) is 15.3. The highest BCUT2D eigenvalue weighted by molar-refractivity contribution is 7.15. The molecule has 1 unspecified atom stereocenters. The Labute approximate surface area is 123 Å². The van der Waals surface area contributed by atoms with Gasteiger partial charge in [0.1, 0.15) is 6.04 Å². The van der Waals surface area contributed by atoms with E-state index in [9.17, 15) is 4.79 Å². The van der Waals surface area contributed by atoms with Crippen molar-refractivity contribution in [2.45, 2.75) is 51.1 Å². The minimum Gasteiger partial charge on any atom is -0.468 e. The van der Waals surface area contributed by atoms with Crippen molar-refractivity contribution in [3.8, 4) is 0 Å². The summed E-state index contributed by atoms with van der Waals surface area (Å²) in [6, 6.07) is -0.230. The number of nitrogens with two attached hydrogens (primary N) is 1. The number of rotatable bonds is 6. The SMILES string of the molecule is COC(=O)C(CC1CCCCC1)NCc1cnc(N)s1.